The molecule has 0 aromatic heterocycles. The van der Waals surface area contributed by atoms with E-state index in [0.29, 0.717) is 6.42 Å². The van der Waals surface area contributed by atoms with Crippen molar-refractivity contribution in [1.82, 2.24) is 9.62 Å². The summed E-state index contributed by atoms with van der Waals surface area (Å²) in [5.41, 5.74) is 1.96. The summed E-state index contributed by atoms with van der Waals surface area (Å²) in [6.07, 6.45) is 2.48. The number of hydrogen-bond acceptors (Lipinski definition) is 3. The van der Waals surface area contributed by atoms with Crippen LogP contribution in [0.5, 0.6) is 0 Å². The Bertz CT molecular complexity index is 692. The third-order valence-electron chi connectivity index (χ3n) is 4.51. The van der Waals surface area contributed by atoms with Crippen LogP contribution in [0.2, 0.25) is 0 Å². The van der Waals surface area contributed by atoms with E-state index in [1.165, 1.54) is 0 Å². The van der Waals surface area contributed by atoms with E-state index in [-0.39, 0.29) is 16.7 Å². The Kier molecular flexibility index (Phi) is 6.04. The second-order valence-corrected chi connectivity index (χ2v) is 8.80. The van der Waals surface area contributed by atoms with Gasteiger partial charge in [-0.05, 0) is 62.3 Å². The van der Waals surface area contributed by atoms with Crippen LogP contribution in [0.1, 0.15) is 44.2 Å². The summed E-state index contributed by atoms with van der Waals surface area (Å²) in [6.45, 7) is 9.26. The average molecular weight is 353 g/mol. The predicted molar refractivity (Wildman–Crippen MR) is 95.3 cm³/mol. The molecule has 2 rings (SSSR count). The number of likely N-dealkylation sites (tertiary alicyclic amines) is 1. The monoisotopic (exact) mass is 352 g/mol. The van der Waals surface area contributed by atoms with Crippen molar-refractivity contribution >= 4 is 15.9 Å². The first-order valence-corrected chi connectivity index (χ1v) is 10.1. The van der Waals surface area contributed by atoms with Crippen molar-refractivity contribution in [3.8, 4) is 0 Å². The number of sulfonamides is 1. The number of carbonyl (C=O) groups excluding carboxylic acids is 1. The van der Waals surface area contributed by atoms with E-state index in [1.807, 2.05) is 27.7 Å². The van der Waals surface area contributed by atoms with E-state index in [9.17, 15) is 13.2 Å². The summed E-state index contributed by atoms with van der Waals surface area (Å²) in [7, 11) is -3.72. The molecule has 1 aromatic carbocycles. The van der Waals surface area contributed by atoms with Gasteiger partial charge in [0, 0.05) is 13.1 Å². The standard InChI is InChI=1S/C18H28N2O3S/c1-13(2)11-17(18(21)20-9-5-6-10-20)19-24(22,23)16-8-7-14(3)15(4)12-16/h7-8,12-13,17,19H,5-6,9-11H2,1-4H3/t17-/m1/s1. The first kappa shape index (κ1) is 18.9. The summed E-state index contributed by atoms with van der Waals surface area (Å²) >= 11 is 0. The number of nitrogens with zero attached hydrogens (tertiary/aromatic N) is 1. The van der Waals surface area contributed by atoms with Gasteiger partial charge in [-0.3, -0.25) is 4.79 Å². The first-order chi connectivity index (χ1) is 11.2. The number of rotatable bonds is 6. The highest BCUT2D eigenvalue weighted by molar-refractivity contribution is 7.89. The summed E-state index contributed by atoms with van der Waals surface area (Å²) in [5, 5.41) is 0. The van der Waals surface area contributed by atoms with Crippen molar-refractivity contribution in [2.24, 2.45) is 5.92 Å². The number of hydrogen-bond donors (Lipinski definition) is 1. The van der Waals surface area contributed by atoms with Crippen molar-refractivity contribution < 1.29 is 13.2 Å². The third-order valence-corrected chi connectivity index (χ3v) is 5.98. The van der Waals surface area contributed by atoms with Gasteiger partial charge in [-0.15, -0.1) is 0 Å². The van der Waals surface area contributed by atoms with Gasteiger partial charge in [-0.25, -0.2) is 8.42 Å². The quantitative estimate of drug-likeness (QED) is 0.856. The fraction of sp³-hybridized carbons (Fsp3) is 0.611. The lowest BCUT2D eigenvalue weighted by Gasteiger charge is -2.25. The molecular formula is C18H28N2O3S. The molecule has 5 nitrogen and oxygen atoms in total. The smallest absolute Gasteiger partial charge is 0.241 e. The Morgan fingerprint density at radius 3 is 2.33 bits per heavy atom. The molecule has 6 heteroatoms. The summed E-state index contributed by atoms with van der Waals surface area (Å²) in [6, 6.07) is 4.35. The highest BCUT2D eigenvalue weighted by Gasteiger charge is 2.31. The predicted octanol–water partition coefficient (Wildman–Crippen LogP) is 2.62. The van der Waals surface area contributed by atoms with E-state index in [2.05, 4.69) is 4.72 Å². The topological polar surface area (TPSA) is 66.5 Å². The molecule has 1 aliphatic heterocycles. The minimum atomic E-state index is -3.72. The molecule has 1 aromatic rings. The maximum absolute atomic E-state index is 12.7. The Morgan fingerprint density at radius 1 is 1.17 bits per heavy atom. The van der Waals surface area contributed by atoms with Gasteiger partial charge in [0.25, 0.3) is 0 Å². The molecular weight excluding hydrogens is 324 g/mol. The maximum Gasteiger partial charge on any atom is 0.241 e. The van der Waals surface area contributed by atoms with Crippen LogP contribution in [0.3, 0.4) is 0 Å². The molecule has 0 aliphatic carbocycles. The van der Waals surface area contributed by atoms with Gasteiger partial charge in [0.15, 0.2) is 0 Å². The van der Waals surface area contributed by atoms with Crippen LogP contribution in [0.25, 0.3) is 0 Å². The SMILES string of the molecule is Cc1ccc(S(=O)(=O)N[C@H](CC(C)C)C(=O)N2CCCC2)cc1C. The normalized spacial score (nSPS) is 16.6. The van der Waals surface area contributed by atoms with Gasteiger partial charge in [-0.1, -0.05) is 19.9 Å². The van der Waals surface area contributed by atoms with Crippen molar-refractivity contribution in [3.63, 3.8) is 0 Å². The van der Waals surface area contributed by atoms with Crippen LogP contribution < -0.4 is 4.72 Å². The van der Waals surface area contributed by atoms with Crippen LogP contribution in [-0.4, -0.2) is 38.4 Å². The number of amides is 1. The van der Waals surface area contributed by atoms with E-state index in [0.717, 1.165) is 37.1 Å². The number of carbonyl (C=O) groups is 1. The van der Waals surface area contributed by atoms with E-state index in [4.69, 9.17) is 0 Å². The second kappa shape index (κ2) is 7.66. The number of benzene rings is 1. The molecule has 1 N–H and O–H groups in total. The number of nitrogens with one attached hydrogen (secondary N) is 1. The maximum atomic E-state index is 12.7. The molecule has 1 heterocycles. The zero-order chi connectivity index (χ0) is 17.9. The van der Waals surface area contributed by atoms with Crippen LogP contribution in [0, 0.1) is 19.8 Å². The molecule has 1 aliphatic rings. The zero-order valence-electron chi connectivity index (χ0n) is 15.0. The Labute approximate surface area is 145 Å². The lowest BCUT2D eigenvalue weighted by Crippen LogP contribution is -2.48. The first-order valence-electron chi connectivity index (χ1n) is 8.59. The van der Waals surface area contributed by atoms with Crippen molar-refractivity contribution in [1.29, 1.82) is 0 Å². The fourth-order valence-electron chi connectivity index (χ4n) is 2.97. The molecule has 1 atom stereocenters. The number of aryl methyl sites for hydroxylation is 2. The lowest BCUT2D eigenvalue weighted by atomic mass is 10.0. The Balaban J connectivity index is 2.23. The zero-order valence-corrected chi connectivity index (χ0v) is 15.8. The van der Waals surface area contributed by atoms with Crippen molar-refractivity contribution in [3.05, 3.63) is 29.3 Å². The minimum absolute atomic E-state index is 0.103. The van der Waals surface area contributed by atoms with Gasteiger partial charge in [-0.2, -0.15) is 4.72 Å². The largest absolute Gasteiger partial charge is 0.341 e. The van der Waals surface area contributed by atoms with Crippen molar-refractivity contribution in [2.75, 3.05) is 13.1 Å². The van der Waals surface area contributed by atoms with E-state index in [1.54, 1.807) is 23.1 Å². The summed E-state index contributed by atoms with van der Waals surface area (Å²) < 4.78 is 28.1. The molecule has 0 radical (unpaired) electrons. The molecule has 1 fully saturated rings. The van der Waals surface area contributed by atoms with Gasteiger partial charge < -0.3 is 4.90 Å². The third kappa shape index (κ3) is 4.57. The van der Waals surface area contributed by atoms with Gasteiger partial charge in [0.2, 0.25) is 15.9 Å². The van der Waals surface area contributed by atoms with Crippen LogP contribution in [-0.2, 0) is 14.8 Å². The molecule has 0 bridgehead atoms. The summed E-state index contributed by atoms with van der Waals surface area (Å²) in [5.74, 6) is 0.123. The summed E-state index contributed by atoms with van der Waals surface area (Å²) in [4.78, 5) is 14.7. The van der Waals surface area contributed by atoms with Crippen LogP contribution in [0.4, 0.5) is 0 Å². The molecule has 1 saturated heterocycles. The highest BCUT2D eigenvalue weighted by atomic mass is 32.2. The van der Waals surface area contributed by atoms with Gasteiger partial charge >= 0.3 is 0 Å². The van der Waals surface area contributed by atoms with E-state index < -0.39 is 16.1 Å². The minimum Gasteiger partial charge on any atom is -0.341 e. The molecule has 0 unspecified atom stereocenters. The lowest BCUT2D eigenvalue weighted by molar-refractivity contribution is -0.132. The average Bonchev–Trinajstić information content (AvgIpc) is 3.02. The van der Waals surface area contributed by atoms with Crippen molar-refractivity contribution in [2.45, 2.75) is 57.9 Å². The fourth-order valence-corrected chi connectivity index (χ4v) is 4.25. The molecule has 24 heavy (non-hydrogen) atoms. The van der Waals surface area contributed by atoms with Gasteiger partial charge in [0.05, 0.1) is 4.90 Å². The van der Waals surface area contributed by atoms with Crippen LogP contribution in [0.15, 0.2) is 23.1 Å². The van der Waals surface area contributed by atoms with E-state index >= 15 is 0 Å². The highest BCUT2D eigenvalue weighted by Crippen LogP contribution is 2.18. The molecule has 1 amide bonds. The Morgan fingerprint density at radius 2 is 1.79 bits per heavy atom. The second-order valence-electron chi connectivity index (χ2n) is 7.08. The molecule has 134 valence electrons. The molecule has 0 spiro atoms. The van der Waals surface area contributed by atoms with Gasteiger partial charge in [0.1, 0.15) is 6.04 Å². The molecule has 0 saturated carbocycles. The Hall–Kier alpha value is -1.40. The van der Waals surface area contributed by atoms with Crippen LogP contribution >= 0.6 is 0 Å².